The van der Waals surface area contributed by atoms with Gasteiger partial charge in [0.25, 0.3) is 0 Å². The van der Waals surface area contributed by atoms with Crippen LogP contribution in [0.3, 0.4) is 0 Å². The van der Waals surface area contributed by atoms with Crippen molar-refractivity contribution in [3.8, 4) is 5.82 Å². The van der Waals surface area contributed by atoms with Crippen molar-refractivity contribution in [2.45, 2.75) is 13.5 Å². The Morgan fingerprint density at radius 1 is 1.08 bits per heavy atom. The summed E-state index contributed by atoms with van der Waals surface area (Å²) in [5.74, 6) is 3.25. The van der Waals surface area contributed by atoms with Crippen molar-refractivity contribution in [3.05, 3.63) is 46.9 Å². The molecule has 5 rings (SSSR count). The molecule has 3 aromatic heterocycles. The van der Waals surface area contributed by atoms with Crippen molar-refractivity contribution in [1.82, 2.24) is 29.6 Å². The molecule has 7 nitrogen and oxygen atoms in total. The molecule has 2 atom stereocenters. The zero-order chi connectivity index (χ0) is 17.5. The van der Waals surface area contributed by atoms with Gasteiger partial charge in [0.15, 0.2) is 5.82 Å². The average Bonchev–Trinajstić information content (AvgIpc) is 3.39. The Morgan fingerprint density at radius 3 is 2.58 bits per heavy atom. The quantitative estimate of drug-likeness (QED) is 0.703. The molecule has 0 aromatic carbocycles. The standard InChI is InChI=1S/C18H21N7S/c1-13-19-6-16(26-13)11-23-7-14-9-24(10-15(14)8-23)17-5-18(21-12-20-17)25-4-2-3-22-25/h2-6,12,14-15H,7-11H2,1H3. The summed E-state index contributed by atoms with van der Waals surface area (Å²) in [6.45, 7) is 7.57. The molecule has 0 N–H and O–H groups in total. The van der Waals surface area contributed by atoms with Gasteiger partial charge < -0.3 is 4.90 Å². The second-order valence-electron chi connectivity index (χ2n) is 7.15. The van der Waals surface area contributed by atoms with Crippen LogP contribution in [-0.4, -0.2) is 55.8 Å². The van der Waals surface area contributed by atoms with Gasteiger partial charge in [-0.1, -0.05) is 0 Å². The van der Waals surface area contributed by atoms with Gasteiger partial charge in [-0.05, 0) is 24.8 Å². The summed E-state index contributed by atoms with van der Waals surface area (Å²) in [5, 5.41) is 5.41. The van der Waals surface area contributed by atoms with Crippen molar-refractivity contribution in [1.29, 1.82) is 0 Å². The van der Waals surface area contributed by atoms with Crippen LogP contribution in [0.5, 0.6) is 0 Å². The Kier molecular flexibility index (Phi) is 3.94. The number of thiazole rings is 1. The van der Waals surface area contributed by atoms with E-state index in [0.29, 0.717) is 11.8 Å². The number of nitrogens with zero attached hydrogens (tertiary/aromatic N) is 7. The largest absolute Gasteiger partial charge is 0.356 e. The molecule has 2 aliphatic heterocycles. The minimum atomic E-state index is 0.715. The molecular formula is C18H21N7S. The van der Waals surface area contributed by atoms with Crippen molar-refractivity contribution in [2.75, 3.05) is 31.1 Å². The van der Waals surface area contributed by atoms with E-state index in [1.54, 1.807) is 17.2 Å². The molecule has 2 fully saturated rings. The molecule has 3 aromatic rings. The van der Waals surface area contributed by atoms with Crippen LogP contribution in [0.4, 0.5) is 5.82 Å². The van der Waals surface area contributed by atoms with E-state index in [1.807, 2.05) is 35.9 Å². The van der Waals surface area contributed by atoms with E-state index < -0.39 is 0 Å². The topological polar surface area (TPSA) is 63.0 Å². The molecule has 2 saturated heterocycles. The fraction of sp³-hybridized carbons (Fsp3) is 0.444. The SMILES string of the molecule is Cc1ncc(CN2CC3CN(c4cc(-n5cccn5)ncn4)CC3C2)s1. The third kappa shape index (κ3) is 2.99. The maximum absolute atomic E-state index is 4.50. The monoisotopic (exact) mass is 367 g/mol. The number of fused-ring (bicyclic) bond motifs is 1. The zero-order valence-corrected chi connectivity index (χ0v) is 15.5. The van der Waals surface area contributed by atoms with Gasteiger partial charge in [-0.25, -0.2) is 19.6 Å². The van der Waals surface area contributed by atoms with E-state index in [4.69, 9.17) is 0 Å². The maximum atomic E-state index is 4.50. The summed E-state index contributed by atoms with van der Waals surface area (Å²) in [4.78, 5) is 19.6. The number of hydrogen-bond donors (Lipinski definition) is 0. The Balaban J connectivity index is 1.25. The number of hydrogen-bond acceptors (Lipinski definition) is 7. The number of anilines is 1. The average molecular weight is 367 g/mol. The molecule has 0 radical (unpaired) electrons. The van der Waals surface area contributed by atoms with Gasteiger partial charge in [-0.15, -0.1) is 11.3 Å². The number of likely N-dealkylation sites (tertiary alicyclic amines) is 1. The Bertz CT molecular complexity index is 877. The molecule has 0 amide bonds. The van der Waals surface area contributed by atoms with Gasteiger partial charge in [0.2, 0.25) is 0 Å². The van der Waals surface area contributed by atoms with Gasteiger partial charge in [0.1, 0.15) is 12.1 Å². The van der Waals surface area contributed by atoms with Crippen LogP contribution in [0.1, 0.15) is 9.88 Å². The predicted molar refractivity (Wildman–Crippen MR) is 100 cm³/mol. The first kappa shape index (κ1) is 15.9. The minimum absolute atomic E-state index is 0.715. The maximum Gasteiger partial charge on any atom is 0.158 e. The molecule has 2 unspecified atom stereocenters. The fourth-order valence-corrected chi connectivity index (χ4v) is 4.98. The summed E-state index contributed by atoms with van der Waals surface area (Å²) >= 11 is 1.81. The first-order valence-corrected chi connectivity index (χ1v) is 9.77. The van der Waals surface area contributed by atoms with Gasteiger partial charge in [0.05, 0.1) is 5.01 Å². The van der Waals surface area contributed by atoms with Crippen LogP contribution in [-0.2, 0) is 6.54 Å². The van der Waals surface area contributed by atoms with Crippen molar-refractivity contribution in [2.24, 2.45) is 11.8 Å². The van der Waals surface area contributed by atoms with E-state index in [9.17, 15) is 0 Å². The van der Waals surface area contributed by atoms with E-state index in [-0.39, 0.29) is 0 Å². The van der Waals surface area contributed by atoms with Gasteiger partial charge >= 0.3 is 0 Å². The minimum Gasteiger partial charge on any atom is -0.356 e. The second-order valence-corrected chi connectivity index (χ2v) is 8.47. The Hall–Kier alpha value is -2.32. The molecule has 0 aliphatic carbocycles. The molecule has 2 aliphatic rings. The summed E-state index contributed by atoms with van der Waals surface area (Å²) in [6, 6.07) is 3.94. The van der Waals surface area contributed by atoms with E-state index in [0.717, 1.165) is 49.4 Å². The lowest BCUT2D eigenvalue weighted by molar-refractivity contribution is 0.311. The van der Waals surface area contributed by atoms with Crippen molar-refractivity contribution < 1.29 is 0 Å². The first-order chi connectivity index (χ1) is 12.7. The predicted octanol–water partition coefficient (Wildman–Crippen LogP) is 2.00. The molecule has 26 heavy (non-hydrogen) atoms. The first-order valence-electron chi connectivity index (χ1n) is 8.95. The fourth-order valence-electron chi connectivity index (χ4n) is 4.14. The van der Waals surface area contributed by atoms with E-state index in [1.165, 1.54) is 4.88 Å². The van der Waals surface area contributed by atoms with Crippen LogP contribution in [0.25, 0.3) is 5.82 Å². The summed E-state index contributed by atoms with van der Waals surface area (Å²) in [7, 11) is 0. The second kappa shape index (κ2) is 6.44. The third-order valence-corrected chi connectivity index (χ3v) is 6.21. The highest BCUT2D eigenvalue weighted by Crippen LogP contribution is 2.34. The van der Waals surface area contributed by atoms with Crippen LogP contribution in [0, 0.1) is 18.8 Å². The van der Waals surface area contributed by atoms with Crippen LogP contribution in [0.15, 0.2) is 37.1 Å². The van der Waals surface area contributed by atoms with E-state index >= 15 is 0 Å². The summed E-state index contributed by atoms with van der Waals surface area (Å²) in [5.41, 5.74) is 0. The normalized spacial score (nSPS) is 22.9. The number of aromatic nitrogens is 5. The van der Waals surface area contributed by atoms with Crippen LogP contribution < -0.4 is 4.90 Å². The molecular weight excluding hydrogens is 346 g/mol. The number of rotatable bonds is 4. The number of aryl methyl sites for hydroxylation is 1. The van der Waals surface area contributed by atoms with E-state index in [2.05, 4.69) is 36.8 Å². The van der Waals surface area contributed by atoms with Crippen LogP contribution >= 0.6 is 11.3 Å². The lowest BCUT2D eigenvalue weighted by Crippen LogP contribution is -2.29. The molecule has 8 heteroatoms. The Labute approximate surface area is 156 Å². The van der Waals surface area contributed by atoms with Gasteiger partial charge in [0, 0.05) is 62.3 Å². The summed E-state index contributed by atoms with van der Waals surface area (Å²) < 4.78 is 1.78. The highest BCUT2D eigenvalue weighted by molar-refractivity contribution is 7.11. The lowest BCUT2D eigenvalue weighted by atomic mass is 10.0. The smallest absolute Gasteiger partial charge is 0.158 e. The van der Waals surface area contributed by atoms with Gasteiger partial charge in [-0.2, -0.15) is 5.10 Å². The van der Waals surface area contributed by atoms with Gasteiger partial charge in [-0.3, -0.25) is 4.90 Å². The van der Waals surface area contributed by atoms with Crippen molar-refractivity contribution in [3.63, 3.8) is 0 Å². The third-order valence-electron chi connectivity index (χ3n) is 5.31. The molecule has 0 saturated carbocycles. The lowest BCUT2D eigenvalue weighted by Gasteiger charge is -2.22. The molecule has 0 spiro atoms. The van der Waals surface area contributed by atoms with Crippen molar-refractivity contribution >= 4 is 17.2 Å². The molecule has 134 valence electrons. The zero-order valence-electron chi connectivity index (χ0n) is 14.7. The highest BCUT2D eigenvalue weighted by atomic mass is 32.1. The summed E-state index contributed by atoms with van der Waals surface area (Å²) in [6.07, 6.45) is 7.34. The van der Waals surface area contributed by atoms with Crippen LogP contribution in [0.2, 0.25) is 0 Å². The highest BCUT2D eigenvalue weighted by Gasteiger charge is 2.40. The molecule has 0 bridgehead atoms. The Morgan fingerprint density at radius 2 is 1.88 bits per heavy atom. The molecule has 5 heterocycles.